The predicted molar refractivity (Wildman–Crippen MR) is 77.3 cm³/mol. The topological polar surface area (TPSA) is 64.2 Å². The Labute approximate surface area is 120 Å². The highest BCUT2D eigenvalue weighted by Gasteiger charge is 2.10. The normalized spacial score (nSPS) is 10.4. The van der Waals surface area contributed by atoms with Gasteiger partial charge in [0.2, 0.25) is 5.91 Å². The molecule has 0 saturated heterocycles. The summed E-state index contributed by atoms with van der Waals surface area (Å²) in [5.74, 6) is 0.408. The first-order chi connectivity index (χ1) is 9.04. The number of halogens is 1. The zero-order valence-electron chi connectivity index (χ0n) is 10.6. The van der Waals surface area contributed by atoms with Crippen molar-refractivity contribution in [2.24, 2.45) is 0 Å². The highest BCUT2D eigenvalue weighted by Crippen LogP contribution is 2.13. The number of hydrogen-bond donors (Lipinski definition) is 1. The number of nitrogens with zero attached hydrogens (tertiary/aromatic N) is 3. The maximum absolute atomic E-state index is 12.0. The highest BCUT2D eigenvalue weighted by atomic mass is 79.9. The van der Waals surface area contributed by atoms with Crippen molar-refractivity contribution in [1.29, 1.82) is 0 Å². The van der Waals surface area contributed by atoms with Gasteiger partial charge in [0.05, 0.1) is 0 Å². The van der Waals surface area contributed by atoms with E-state index in [4.69, 9.17) is 5.73 Å². The summed E-state index contributed by atoms with van der Waals surface area (Å²) >= 11 is 3.41. The minimum Gasteiger partial charge on any atom is -0.382 e. The maximum Gasteiger partial charge on any atom is 0.244 e. The third-order valence-electron chi connectivity index (χ3n) is 2.69. The Morgan fingerprint density at radius 1 is 1.47 bits per heavy atom. The van der Waals surface area contributed by atoms with Crippen molar-refractivity contribution in [2.45, 2.75) is 13.1 Å². The minimum atomic E-state index is -0.0110. The second-order valence-corrected chi connectivity index (χ2v) is 5.23. The lowest BCUT2D eigenvalue weighted by Gasteiger charge is -2.17. The second-order valence-electron chi connectivity index (χ2n) is 4.32. The molecule has 0 spiro atoms. The van der Waals surface area contributed by atoms with Crippen molar-refractivity contribution in [3.05, 3.63) is 46.6 Å². The standard InChI is InChI=1S/C13H15BrN4O/c1-17(8-10-3-2-4-11(14)7-10)13(19)9-18-6-5-12(15)16-18/h2-7H,8-9H2,1H3,(H2,15,16). The summed E-state index contributed by atoms with van der Waals surface area (Å²) in [7, 11) is 1.77. The van der Waals surface area contributed by atoms with E-state index in [0.29, 0.717) is 12.4 Å². The van der Waals surface area contributed by atoms with Crippen LogP contribution in [-0.4, -0.2) is 27.6 Å². The van der Waals surface area contributed by atoms with Gasteiger partial charge in [0, 0.05) is 24.3 Å². The van der Waals surface area contributed by atoms with Gasteiger partial charge in [-0.25, -0.2) is 0 Å². The van der Waals surface area contributed by atoms with E-state index in [1.54, 1.807) is 24.2 Å². The Morgan fingerprint density at radius 2 is 2.26 bits per heavy atom. The molecule has 1 heterocycles. The van der Waals surface area contributed by atoms with Crippen molar-refractivity contribution < 1.29 is 4.79 Å². The van der Waals surface area contributed by atoms with Gasteiger partial charge in [0.1, 0.15) is 12.4 Å². The summed E-state index contributed by atoms with van der Waals surface area (Å²) in [6, 6.07) is 9.56. The van der Waals surface area contributed by atoms with Gasteiger partial charge in [0.15, 0.2) is 0 Å². The predicted octanol–water partition coefficient (Wildman–Crippen LogP) is 1.89. The number of likely N-dealkylation sites (N-methyl/N-ethyl adjacent to an activating group) is 1. The average Bonchev–Trinajstić information content (AvgIpc) is 2.74. The molecule has 0 radical (unpaired) electrons. The van der Waals surface area contributed by atoms with E-state index >= 15 is 0 Å². The number of aromatic nitrogens is 2. The summed E-state index contributed by atoms with van der Waals surface area (Å²) < 4.78 is 2.54. The molecular formula is C13H15BrN4O. The molecule has 0 fully saturated rings. The van der Waals surface area contributed by atoms with Crippen LogP contribution in [0.15, 0.2) is 41.0 Å². The molecule has 5 nitrogen and oxygen atoms in total. The minimum absolute atomic E-state index is 0.0110. The number of rotatable bonds is 4. The largest absolute Gasteiger partial charge is 0.382 e. The fourth-order valence-corrected chi connectivity index (χ4v) is 2.17. The summed E-state index contributed by atoms with van der Waals surface area (Å²) in [6.07, 6.45) is 1.69. The van der Waals surface area contributed by atoms with Gasteiger partial charge in [-0.2, -0.15) is 5.10 Å². The van der Waals surface area contributed by atoms with Crippen LogP contribution in [0.1, 0.15) is 5.56 Å². The van der Waals surface area contributed by atoms with Gasteiger partial charge in [-0.1, -0.05) is 28.1 Å². The van der Waals surface area contributed by atoms with Crippen molar-refractivity contribution in [2.75, 3.05) is 12.8 Å². The number of amides is 1. The van der Waals surface area contributed by atoms with Crippen molar-refractivity contribution >= 4 is 27.7 Å². The smallest absolute Gasteiger partial charge is 0.244 e. The Bertz CT molecular complexity index is 582. The van der Waals surface area contributed by atoms with E-state index in [1.807, 2.05) is 24.3 Å². The van der Waals surface area contributed by atoms with Gasteiger partial charge in [-0.3, -0.25) is 9.48 Å². The van der Waals surface area contributed by atoms with Crippen molar-refractivity contribution in [1.82, 2.24) is 14.7 Å². The van der Waals surface area contributed by atoms with Crippen LogP contribution in [0.25, 0.3) is 0 Å². The number of benzene rings is 1. The molecule has 1 aromatic carbocycles. The molecule has 0 atom stereocenters. The number of hydrogen-bond acceptors (Lipinski definition) is 3. The summed E-state index contributed by atoms with van der Waals surface area (Å²) in [4.78, 5) is 13.7. The Morgan fingerprint density at radius 3 is 2.89 bits per heavy atom. The molecule has 1 amide bonds. The molecular weight excluding hydrogens is 308 g/mol. The highest BCUT2D eigenvalue weighted by molar-refractivity contribution is 9.10. The summed E-state index contributed by atoms with van der Waals surface area (Å²) in [6.45, 7) is 0.761. The number of carbonyl (C=O) groups excluding carboxylic acids is 1. The first-order valence-electron chi connectivity index (χ1n) is 5.82. The van der Waals surface area contributed by atoms with Gasteiger partial charge in [-0.15, -0.1) is 0 Å². The van der Waals surface area contributed by atoms with Crippen LogP contribution in [0.2, 0.25) is 0 Å². The number of anilines is 1. The first kappa shape index (κ1) is 13.6. The van der Waals surface area contributed by atoms with Gasteiger partial charge in [-0.05, 0) is 23.8 Å². The number of nitrogens with two attached hydrogens (primary N) is 1. The molecule has 0 bridgehead atoms. The fourth-order valence-electron chi connectivity index (χ4n) is 1.72. The zero-order valence-corrected chi connectivity index (χ0v) is 12.2. The average molecular weight is 323 g/mol. The summed E-state index contributed by atoms with van der Waals surface area (Å²) in [5.41, 5.74) is 6.58. The van der Waals surface area contributed by atoms with Crippen LogP contribution >= 0.6 is 15.9 Å². The lowest BCUT2D eigenvalue weighted by atomic mass is 10.2. The molecule has 0 aliphatic heterocycles. The molecule has 0 unspecified atom stereocenters. The molecule has 2 rings (SSSR count). The zero-order chi connectivity index (χ0) is 13.8. The number of nitrogen functional groups attached to an aromatic ring is 1. The van der Waals surface area contributed by atoms with Gasteiger partial charge >= 0.3 is 0 Å². The lowest BCUT2D eigenvalue weighted by Crippen LogP contribution is -2.30. The first-order valence-corrected chi connectivity index (χ1v) is 6.61. The molecule has 0 aliphatic rings. The molecule has 2 aromatic rings. The fraction of sp³-hybridized carbons (Fsp3) is 0.231. The van der Waals surface area contributed by atoms with E-state index in [1.165, 1.54) is 4.68 Å². The van der Waals surface area contributed by atoms with Crippen molar-refractivity contribution in [3.8, 4) is 0 Å². The number of carbonyl (C=O) groups is 1. The van der Waals surface area contributed by atoms with Crippen LogP contribution in [0.5, 0.6) is 0 Å². The van der Waals surface area contributed by atoms with E-state index < -0.39 is 0 Å². The monoisotopic (exact) mass is 322 g/mol. The van der Waals surface area contributed by atoms with E-state index in [9.17, 15) is 4.79 Å². The van der Waals surface area contributed by atoms with Crippen LogP contribution in [0.4, 0.5) is 5.82 Å². The SMILES string of the molecule is CN(Cc1cccc(Br)c1)C(=O)Cn1ccc(N)n1. The Kier molecular flexibility index (Phi) is 4.21. The van der Waals surface area contributed by atoms with E-state index in [0.717, 1.165) is 10.0 Å². The molecule has 0 saturated carbocycles. The lowest BCUT2D eigenvalue weighted by molar-refractivity contribution is -0.131. The van der Waals surface area contributed by atoms with E-state index in [-0.39, 0.29) is 12.5 Å². The van der Waals surface area contributed by atoms with Crippen LogP contribution < -0.4 is 5.73 Å². The Hall–Kier alpha value is -1.82. The molecule has 100 valence electrons. The molecule has 19 heavy (non-hydrogen) atoms. The molecule has 2 N–H and O–H groups in total. The van der Waals surface area contributed by atoms with Crippen molar-refractivity contribution in [3.63, 3.8) is 0 Å². The second kappa shape index (κ2) is 5.88. The molecule has 1 aromatic heterocycles. The maximum atomic E-state index is 12.0. The van der Waals surface area contributed by atoms with Gasteiger partial charge in [0.25, 0.3) is 0 Å². The van der Waals surface area contributed by atoms with Crippen LogP contribution in [0.3, 0.4) is 0 Å². The molecule has 6 heteroatoms. The third-order valence-corrected chi connectivity index (χ3v) is 3.19. The third kappa shape index (κ3) is 3.82. The molecule has 0 aliphatic carbocycles. The summed E-state index contributed by atoms with van der Waals surface area (Å²) in [5, 5.41) is 3.99. The van der Waals surface area contributed by atoms with Gasteiger partial charge < -0.3 is 10.6 Å². The van der Waals surface area contributed by atoms with Crippen LogP contribution in [0, 0.1) is 0 Å². The Balaban J connectivity index is 1.96. The van der Waals surface area contributed by atoms with E-state index in [2.05, 4.69) is 21.0 Å². The quantitative estimate of drug-likeness (QED) is 0.934. The van der Waals surface area contributed by atoms with Crippen LogP contribution in [-0.2, 0) is 17.9 Å².